The van der Waals surface area contributed by atoms with E-state index in [1.54, 1.807) is 23.1 Å². The van der Waals surface area contributed by atoms with E-state index in [0.29, 0.717) is 24.0 Å². The van der Waals surface area contributed by atoms with Gasteiger partial charge in [0.1, 0.15) is 11.6 Å². The number of fused-ring (bicyclic) bond motifs is 3. The van der Waals surface area contributed by atoms with Crippen molar-refractivity contribution in [3.63, 3.8) is 0 Å². The second-order valence-corrected chi connectivity index (χ2v) is 9.81. The summed E-state index contributed by atoms with van der Waals surface area (Å²) >= 11 is 0. The smallest absolute Gasteiger partial charge is 0.238 e. The van der Waals surface area contributed by atoms with Gasteiger partial charge in [-0.1, -0.05) is 38.1 Å². The molecule has 0 unspecified atom stereocenters. The van der Waals surface area contributed by atoms with E-state index in [1.807, 2.05) is 45.2 Å². The fraction of sp³-hybridized carbons (Fsp3) is 0.333. The number of benzene rings is 3. The van der Waals surface area contributed by atoms with Gasteiger partial charge >= 0.3 is 0 Å². The second-order valence-electron chi connectivity index (χ2n) is 9.81. The summed E-state index contributed by atoms with van der Waals surface area (Å²) in [4.78, 5) is 29.1. The summed E-state index contributed by atoms with van der Waals surface area (Å²) in [7, 11) is 2.04. The van der Waals surface area contributed by atoms with Crippen LogP contribution in [0.4, 0.5) is 20.2 Å². The van der Waals surface area contributed by atoms with E-state index < -0.39 is 17.0 Å². The molecule has 0 saturated carbocycles. The Hall–Kier alpha value is -3.58. The number of rotatable bonds is 3. The van der Waals surface area contributed by atoms with Gasteiger partial charge in [0.05, 0.1) is 18.4 Å². The quantitative estimate of drug-likeness (QED) is 0.502. The number of carbonyl (C=O) groups excluding carboxylic acids is 2. The number of piperidine rings is 1. The molecule has 3 aromatic rings. The summed E-state index contributed by atoms with van der Waals surface area (Å²) in [5.74, 6) is -1.55. The van der Waals surface area contributed by atoms with Crippen molar-refractivity contribution in [3.8, 4) is 11.1 Å². The lowest BCUT2D eigenvalue weighted by Crippen LogP contribution is -2.47. The SMILES string of the molecule is CC.CN1CCC2(CC1)C(=O)N(Cc1c(F)cc(-c3ccc4c(c3)CC(=O)N4)cc1F)c1ccccc12. The van der Waals surface area contributed by atoms with Crippen LogP contribution in [0.3, 0.4) is 0 Å². The second kappa shape index (κ2) is 9.71. The Bertz CT molecular complexity index is 1360. The lowest BCUT2D eigenvalue weighted by atomic mass is 9.74. The number of likely N-dealkylation sites (tertiary alicyclic amines) is 1. The highest BCUT2D eigenvalue weighted by Gasteiger charge is 2.51. The minimum absolute atomic E-state index is 0.0783. The van der Waals surface area contributed by atoms with Gasteiger partial charge in [-0.3, -0.25) is 9.59 Å². The zero-order valence-electron chi connectivity index (χ0n) is 21.4. The van der Waals surface area contributed by atoms with Crippen LogP contribution in [-0.4, -0.2) is 36.9 Å². The van der Waals surface area contributed by atoms with Crippen LogP contribution in [0.25, 0.3) is 11.1 Å². The molecule has 1 N–H and O–H groups in total. The molecule has 0 radical (unpaired) electrons. The monoisotopic (exact) mass is 503 g/mol. The Kier molecular flexibility index (Phi) is 6.58. The largest absolute Gasteiger partial charge is 0.326 e. The molecule has 3 aliphatic rings. The van der Waals surface area contributed by atoms with Crippen LogP contribution in [0.15, 0.2) is 54.6 Å². The Morgan fingerprint density at radius 3 is 2.30 bits per heavy atom. The van der Waals surface area contributed by atoms with Crippen LogP contribution < -0.4 is 10.2 Å². The number of para-hydroxylation sites is 1. The predicted molar refractivity (Wildman–Crippen MR) is 142 cm³/mol. The number of nitrogens with zero attached hydrogens (tertiary/aromatic N) is 2. The number of amides is 2. The highest BCUT2D eigenvalue weighted by atomic mass is 19.1. The normalized spacial score (nSPS) is 17.8. The number of carbonyl (C=O) groups is 2. The predicted octanol–water partition coefficient (Wildman–Crippen LogP) is 5.66. The van der Waals surface area contributed by atoms with E-state index in [1.165, 1.54) is 12.1 Å². The molecule has 3 aliphatic heterocycles. The van der Waals surface area contributed by atoms with Crippen LogP contribution in [0, 0.1) is 11.6 Å². The van der Waals surface area contributed by atoms with Crippen molar-refractivity contribution in [2.75, 3.05) is 30.4 Å². The van der Waals surface area contributed by atoms with Crippen LogP contribution >= 0.6 is 0 Å². The number of nitrogens with one attached hydrogen (secondary N) is 1. The molecule has 3 heterocycles. The van der Waals surface area contributed by atoms with Crippen molar-refractivity contribution in [2.45, 2.75) is 45.1 Å². The third-order valence-corrected chi connectivity index (χ3v) is 7.73. The van der Waals surface area contributed by atoms with E-state index in [2.05, 4.69) is 10.2 Å². The highest BCUT2D eigenvalue weighted by molar-refractivity contribution is 6.08. The van der Waals surface area contributed by atoms with Gasteiger partial charge in [-0.25, -0.2) is 8.78 Å². The molecular formula is C30H31F2N3O2. The van der Waals surface area contributed by atoms with Gasteiger partial charge in [-0.05, 0) is 85.6 Å². The van der Waals surface area contributed by atoms with Crippen molar-refractivity contribution in [3.05, 3.63) is 82.9 Å². The van der Waals surface area contributed by atoms with E-state index in [4.69, 9.17) is 0 Å². The average Bonchev–Trinajstić information content (AvgIpc) is 3.38. The molecule has 6 rings (SSSR count). The van der Waals surface area contributed by atoms with Crippen LogP contribution in [0.5, 0.6) is 0 Å². The minimum atomic E-state index is -0.690. The molecule has 0 aliphatic carbocycles. The Labute approximate surface area is 216 Å². The standard InChI is InChI=1S/C28H25F2N3O2.C2H6/c1-32-10-8-28(9-11-32)21-4-2-3-5-25(21)33(27(28)35)16-20-22(29)13-18(14-23(20)30)17-6-7-24-19(12-17)15-26(34)31-24;1-2/h2-7,12-14H,8-11,15-16H2,1H3,(H,31,34);1-2H3. The highest BCUT2D eigenvalue weighted by Crippen LogP contribution is 2.48. The number of halogens is 2. The van der Waals surface area contributed by atoms with E-state index in [-0.39, 0.29) is 30.3 Å². The summed E-state index contributed by atoms with van der Waals surface area (Å²) in [6.07, 6.45) is 1.63. The third-order valence-electron chi connectivity index (χ3n) is 7.73. The molecular weight excluding hydrogens is 472 g/mol. The Morgan fingerprint density at radius 2 is 1.59 bits per heavy atom. The first-order chi connectivity index (χ1) is 17.9. The lowest BCUT2D eigenvalue weighted by Gasteiger charge is -2.36. The van der Waals surface area contributed by atoms with Crippen LogP contribution in [-0.2, 0) is 28.0 Å². The van der Waals surface area contributed by atoms with Crippen molar-refractivity contribution >= 4 is 23.2 Å². The Morgan fingerprint density at radius 1 is 0.919 bits per heavy atom. The summed E-state index contributed by atoms with van der Waals surface area (Å²) < 4.78 is 30.6. The number of anilines is 2. The van der Waals surface area contributed by atoms with E-state index in [9.17, 15) is 9.59 Å². The molecule has 3 aromatic carbocycles. The third kappa shape index (κ3) is 4.21. The molecule has 1 spiro atoms. The summed E-state index contributed by atoms with van der Waals surface area (Å²) in [6.45, 7) is 5.44. The number of hydrogen-bond acceptors (Lipinski definition) is 3. The van der Waals surface area contributed by atoms with Gasteiger partial charge in [0.15, 0.2) is 0 Å². The zero-order valence-corrected chi connectivity index (χ0v) is 21.4. The molecule has 1 saturated heterocycles. The van der Waals surface area contributed by atoms with Gasteiger partial charge < -0.3 is 15.1 Å². The summed E-state index contributed by atoms with van der Waals surface area (Å²) in [6, 6.07) is 15.5. The molecule has 7 heteroatoms. The molecule has 0 atom stereocenters. The summed E-state index contributed by atoms with van der Waals surface area (Å²) in [5.41, 5.74) is 3.50. The van der Waals surface area contributed by atoms with Gasteiger partial charge in [0.25, 0.3) is 0 Å². The molecule has 2 amide bonds. The van der Waals surface area contributed by atoms with E-state index in [0.717, 1.165) is 35.6 Å². The molecule has 5 nitrogen and oxygen atoms in total. The van der Waals surface area contributed by atoms with E-state index >= 15 is 8.78 Å². The topological polar surface area (TPSA) is 52.7 Å². The first-order valence-corrected chi connectivity index (χ1v) is 12.9. The molecule has 0 aromatic heterocycles. The molecule has 192 valence electrons. The minimum Gasteiger partial charge on any atom is -0.326 e. The maximum atomic E-state index is 15.3. The first kappa shape index (κ1) is 25.1. The van der Waals surface area contributed by atoms with Crippen molar-refractivity contribution in [2.24, 2.45) is 0 Å². The summed E-state index contributed by atoms with van der Waals surface area (Å²) in [5, 5.41) is 2.76. The van der Waals surface area contributed by atoms with Gasteiger partial charge in [-0.2, -0.15) is 0 Å². The van der Waals surface area contributed by atoms with Crippen LogP contribution in [0.2, 0.25) is 0 Å². The number of hydrogen-bond donors (Lipinski definition) is 1. The average molecular weight is 504 g/mol. The van der Waals surface area contributed by atoms with Gasteiger partial charge in [0.2, 0.25) is 11.8 Å². The maximum Gasteiger partial charge on any atom is 0.238 e. The van der Waals surface area contributed by atoms with Gasteiger partial charge in [0, 0.05) is 16.9 Å². The Balaban J connectivity index is 0.00000137. The fourth-order valence-electron chi connectivity index (χ4n) is 5.72. The molecule has 37 heavy (non-hydrogen) atoms. The van der Waals surface area contributed by atoms with Crippen LogP contribution in [0.1, 0.15) is 43.4 Å². The van der Waals surface area contributed by atoms with Crippen molar-refractivity contribution < 1.29 is 18.4 Å². The molecule has 1 fully saturated rings. The maximum absolute atomic E-state index is 15.3. The molecule has 0 bridgehead atoms. The van der Waals surface area contributed by atoms with Gasteiger partial charge in [-0.15, -0.1) is 0 Å². The fourth-order valence-corrected chi connectivity index (χ4v) is 5.72. The first-order valence-electron chi connectivity index (χ1n) is 12.9. The lowest BCUT2D eigenvalue weighted by molar-refractivity contribution is -0.125. The zero-order chi connectivity index (χ0) is 26.3. The van der Waals surface area contributed by atoms with Crippen molar-refractivity contribution in [1.29, 1.82) is 0 Å². The van der Waals surface area contributed by atoms with Crippen molar-refractivity contribution in [1.82, 2.24) is 4.90 Å².